The van der Waals surface area contributed by atoms with E-state index in [2.05, 4.69) is 10.2 Å². The van der Waals surface area contributed by atoms with E-state index in [9.17, 15) is 9.59 Å². The molecule has 1 spiro atoms. The number of likely N-dealkylation sites (tertiary alicyclic amines) is 1. The fourth-order valence-corrected chi connectivity index (χ4v) is 4.30. The Labute approximate surface area is 157 Å². The molecule has 2 aliphatic heterocycles. The third kappa shape index (κ3) is 3.03. The van der Waals surface area contributed by atoms with Gasteiger partial charge in [-0.15, -0.1) is 0 Å². The van der Waals surface area contributed by atoms with Crippen molar-refractivity contribution in [1.29, 1.82) is 0 Å². The number of ether oxygens (including phenoxy) is 1. The standard InChI is InChI=1S/C21H23N3O3/c25-18-13-21(27-19-5-2-1-4-15(18)19)8-3-10-24(11-9-21)20(26)17-12-16(22-23-17)14-6-7-14/h1-2,4-5,12,14H,3,6-11,13H2,(H,22,23). The highest BCUT2D eigenvalue weighted by Gasteiger charge is 2.42. The van der Waals surface area contributed by atoms with Gasteiger partial charge in [0.1, 0.15) is 17.0 Å². The zero-order chi connectivity index (χ0) is 18.4. The second kappa shape index (κ2) is 6.22. The van der Waals surface area contributed by atoms with E-state index >= 15 is 0 Å². The molecule has 5 rings (SSSR count). The maximum atomic E-state index is 12.9. The predicted octanol–water partition coefficient (Wildman–Crippen LogP) is 3.32. The number of hydrogen-bond acceptors (Lipinski definition) is 4. The highest BCUT2D eigenvalue weighted by Crippen LogP contribution is 2.40. The lowest BCUT2D eigenvalue weighted by atomic mass is 9.84. The smallest absolute Gasteiger partial charge is 0.274 e. The van der Waals surface area contributed by atoms with Gasteiger partial charge in [0.05, 0.1) is 12.0 Å². The number of H-pyrrole nitrogens is 1. The third-order valence-electron chi connectivity index (χ3n) is 6.02. The summed E-state index contributed by atoms with van der Waals surface area (Å²) in [6.45, 7) is 1.26. The van der Waals surface area contributed by atoms with Crippen LogP contribution in [0.3, 0.4) is 0 Å². The van der Waals surface area contributed by atoms with Crippen molar-refractivity contribution in [1.82, 2.24) is 15.1 Å². The summed E-state index contributed by atoms with van der Waals surface area (Å²) in [4.78, 5) is 27.3. The number of para-hydroxylation sites is 1. The average Bonchev–Trinajstić information content (AvgIpc) is 3.44. The van der Waals surface area contributed by atoms with Crippen LogP contribution in [0.25, 0.3) is 0 Å². The summed E-state index contributed by atoms with van der Waals surface area (Å²) in [6.07, 6.45) is 5.01. The second-order valence-corrected chi connectivity index (χ2v) is 8.01. The van der Waals surface area contributed by atoms with Gasteiger partial charge in [-0.2, -0.15) is 5.10 Å². The highest BCUT2D eigenvalue weighted by molar-refractivity contribution is 6.00. The first-order chi connectivity index (χ1) is 13.1. The van der Waals surface area contributed by atoms with E-state index in [1.165, 1.54) is 12.8 Å². The van der Waals surface area contributed by atoms with Crippen LogP contribution in [0.5, 0.6) is 5.75 Å². The molecule has 1 aromatic heterocycles. The minimum Gasteiger partial charge on any atom is -0.486 e. The summed E-state index contributed by atoms with van der Waals surface area (Å²) in [5.74, 6) is 1.33. The fourth-order valence-electron chi connectivity index (χ4n) is 4.30. The van der Waals surface area contributed by atoms with E-state index < -0.39 is 5.60 Å². The van der Waals surface area contributed by atoms with Gasteiger partial charge in [0, 0.05) is 31.1 Å². The Morgan fingerprint density at radius 2 is 2.07 bits per heavy atom. The number of Topliss-reactive ketones (excluding diaryl/α,β-unsaturated/α-hetero) is 1. The first kappa shape index (κ1) is 16.5. The molecule has 140 valence electrons. The number of carbonyl (C=O) groups excluding carboxylic acids is 2. The van der Waals surface area contributed by atoms with E-state index in [0.717, 1.165) is 18.5 Å². The van der Waals surface area contributed by atoms with Gasteiger partial charge in [-0.1, -0.05) is 12.1 Å². The molecule has 1 amide bonds. The van der Waals surface area contributed by atoms with Crippen molar-refractivity contribution in [2.45, 2.75) is 50.0 Å². The van der Waals surface area contributed by atoms with Crippen molar-refractivity contribution in [3.8, 4) is 5.75 Å². The molecule has 1 N–H and O–H groups in total. The number of aromatic nitrogens is 2. The number of ketones is 1. The van der Waals surface area contributed by atoms with Crippen LogP contribution < -0.4 is 4.74 Å². The molecule has 1 saturated heterocycles. The summed E-state index contributed by atoms with van der Waals surface area (Å²) in [6, 6.07) is 9.35. The Hall–Kier alpha value is -2.63. The molecule has 1 aromatic carbocycles. The van der Waals surface area contributed by atoms with Gasteiger partial charge in [0.2, 0.25) is 0 Å². The summed E-state index contributed by atoms with van der Waals surface area (Å²) in [5.41, 5.74) is 1.75. The van der Waals surface area contributed by atoms with E-state index in [0.29, 0.717) is 48.9 Å². The molecule has 1 unspecified atom stereocenters. The first-order valence-corrected chi connectivity index (χ1v) is 9.79. The molecule has 2 fully saturated rings. The molecular formula is C21H23N3O3. The molecule has 6 heteroatoms. The minimum atomic E-state index is -0.495. The van der Waals surface area contributed by atoms with Crippen molar-refractivity contribution in [2.75, 3.05) is 13.1 Å². The lowest BCUT2D eigenvalue weighted by Gasteiger charge is -2.37. The number of aromatic amines is 1. The molecule has 0 radical (unpaired) electrons. The zero-order valence-corrected chi connectivity index (χ0v) is 15.2. The van der Waals surface area contributed by atoms with Crippen LogP contribution in [0, 0.1) is 0 Å². The molecule has 1 saturated carbocycles. The van der Waals surface area contributed by atoms with Crippen LogP contribution in [-0.4, -0.2) is 45.5 Å². The molecule has 0 bridgehead atoms. The Morgan fingerprint density at radius 3 is 2.93 bits per heavy atom. The fraction of sp³-hybridized carbons (Fsp3) is 0.476. The van der Waals surface area contributed by atoms with E-state index in [1.54, 1.807) is 0 Å². The van der Waals surface area contributed by atoms with Crippen LogP contribution >= 0.6 is 0 Å². The lowest BCUT2D eigenvalue weighted by Crippen LogP contribution is -2.43. The normalized spacial score (nSPS) is 25.0. The first-order valence-electron chi connectivity index (χ1n) is 9.79. The summed E-state index contributed by atoms with van der Waals surface area (Å²) < 4.78 is 6.31. The number of hydrogen-bond donors (Lipinski definition) is 1. The number of nitrogens with one attached hydrogen (secondary N) is 1. The van der Waals surface area contributed by atoms with Crippen molar-refractivity contribution < 1.29 is 14.3 Å². The molecule has 1 atom stereocenters. The number of benzene rings is 1. The molecule has 6 nitrogen and oxygen atoms in total. The number of carbonyl (C=O) groups is 2. The Morgan fingerprint density at radius 1 is 1.22 bits per heavy atom. The topological polar surface area (TPSA) is 75.3 Å². The highest BCUT2D eigenvalue weighted by atomic mass is 16.5. The number of fused-ring (bicyclic) bond motifs is 1. The monoisotopic (exact) mass is 365 g/mol. The molecule has 2 aromatic rings. The number of rotatable bonds is 2. The lowest BCUT2D eigenvalue weighted by molar-refractivity contribution is 0.0300. The van der Waals surface area contributed by atoms with Crippen LogP contribution in [0.2, 0.25) is 0 Å². The van der Waals surface area contributed by atoms with Gasteiger partial charge in [0.25, 0.3) is 5.91 Å². The Bertz CT molecular complexity index is 902. The molecular weight excluding hydrogens is 342 g/mol. The SMILES string of the molecule is O=C1CC2(CCCN(C(=O)c3cc(C4CC4)[nH]n3)CC2)Oc2ccccc21. The molecule has 27 heavy (non-hydrogen) atoms. The van der Waals surface area contributed by atoms with Gasteiger partial charge in [-0.05, 0) is 43.9 Å². The Balaban J connectivity index is 1.31. The number of amides is 1. The third-order valence-corrected chi connectivity index (χ3v) is 6.02. The van der Waals surface area contributed by atoms with E-state index in [1.807, 2.05) is 35.2 Å². The Kier molecular flexibility index (Phi) is 3.81. The van der Waals surface area contributed by atoms with E-state index in [-0.39, 0.29) is 11.7 Å². The molecule has 3 heterocycles. The maximum absolute atomic E-state index is 12.9. The predicted molar refractivity (Wildman–Crippen MR) is 99.1 cm³/mol. The van der Waals surface area contributed by atoms with Gasteiger partial charge in [-0.25, -0.2) is 0 Å². The van der Waals surface area contributed by atoms with Gasteiger partial charge >= 0.3 is 0 Å². The summed E-state index contributed by atoms with van der Waals surface area (Å²) in [7, 11) is 0. The van der Waals surface area contributed by atoms with Crippen molar-refractivity contribution in [3.05, 3.63) is 47.3 Å². The average molecular weight is 365 g/mol. The summed E-state index contributed by atoms with van der Waals surface area (Å²) in [5, 5.41) is 7.24. The number of nitrogens with zero attached hydrogens (tertiary/aromatic N) is 2. The minimum absolute atomic E-state index is 0.0299. The molecule has 1 aliphatic carbocycles. The second-order valence-electron chi connectivity index (χ2n) is 8.01. The summed E-state index contributed by atoms with van der Waals surface area (Å²) >= 11 is 0. The van der Waals surface area contributed by atoms with Crippen LogP contribution in [-0.2, 0) is 0 Å². The zero-order valence-electron chi connectivity index (χ0n) is 15.2. The van der Waals surface area contributed by atoms with Gasteiger partial charge < -0.3 is 9.64 Å². The van der Waals surface area contributed by atoms with Crippen LogP contribution in [0.1, 0.15) is 71.0 Å². The largest absolute Gasteiger partial charge is 0.486 e. The van der Waals surface area contributed by atoms with Gasteiger partial charge in [0.15, 0.2) is 5.78 Å². The van der Waals surface area contributed by atoms with Crippen molar-refractivity contribution in [3.63, 3.8) is 0 Å². The molecule has 3 aliphatic rings. The van der Waals surface area contributed by atoms with E-state index in [4.69, 9.17) is 4.74 Å². The van der Waals surface area contributed by atoms with Crippen LogP contribution in [0.4, 0.5) is 0 Å². The quantitative estimate of drug-likeness (QED) is 0.886. The van der Waals surface area contributed by atoms with Crippen molar-refractivity contribution >= 4 is 11.7 Å². The van der Waals surface area contributed by atoms with Gasteiger partial charge in [-0.3, -0.25) is 14.7 Å². The van der Waals surface area contributed by atoms with Crippen LogP contribution in [0.15, 0.2) is 30.3 Å². The maximum Gasteiger partial charge on any atom is 0.274 e. The van der Waals surface area contributed by atoms with Crippen molar-refractivity contribution in [2.24, 2.45) is 0 Å².